The van der Waals surface area contributed by atoms with Crippen molar-refractivity contribution in [1.29, 1.82) is 0 Å². The Morgan fingerprint density at radius 1 is 0.400 bits per heavy atom. The van der Waals surface area contributed by atoms with E-state index in [0.29, 0.717) is 13.2 Å². The molecule has 65 heavy (non-hydrogen) atoms. The minimum atomic E-state index is -2.09. The highest BCUT2D eigenvalue weighted by atomic mass is 31.2. The summed E-state index contributed by atoms with van der Waals surface area (Å²) in [6.45, 7) is 51.1. The highest BCUT2D eigenvalue weighted by molar-refractivity contribution is 7.42. The molecule has 6 nitrogen and oxygen atoms in total. The number of benzene rings is 4. The van der Waals surface area contributed by atoms with Gasteiger partial charge in [0.15, 0.2) is 0 Å². The molecule has 5 aromatic rings. The summed E-state index contributed by atoms with van der Waals surface area (Å²) in [4.78, 5) is 0. The largest absolute Gasteiger partial charge is 0.453 e. The summed E-state index contributed by atoms with van der Waals surface area (Å²) in [5.41, 5.74) is 11.3. The van der Waals surface area contributed by atoms with Crippen LogP contribution in [0, 0.1) is 6.92 Å². The molecule has 1 saturated heterocycles. The summed E-state index contributed by atoms with van der Waals surface area (Å²) in [6, 6.07) is 18.6. The van der Waals surface area contributed by atoms with Gasteiger partial charge in [-0.15, -0.1) is 0 Å². The summed E-state index contributed by atoms with van der Waals surface area (Å²) in [6.07, 6.45) is 1.87. The molecule has 8 heteroatoms. The number of hydrogen-bond acceptors (Lipinski definition) is 6. The molecule has 1 atom stereocenters. The van der Waals surface area contributed by atoms with Gasteiger partial charge in [-0.05, 0) is 110 Å². The monoisotopic (exact) mass is 925 g/mol. The average Bonchev–Trinajstić information content (AvgIpc) is 3.49. The molecule has 1 aromatic heterocycles. The zero-order valence-electron chi connectivity index (χ0n) is 44.3. The molecule has 6 rings (SSSR count). The van der Waals surface area contributed by atoms with Crippen molar-refractivity contribution in [3.8, 4) is 22.6 Å². The molecule has 1 aliphatic heterocycles. The fourth-order valence-electron chi connectivity index (χ4n) is 8.21. The second kappa shape index (κ2) is 17.7. The third kappa shape index (κ3) is 11.4. The van der Waals surface area contributed by atoms with E-state index >= 15 is 0 Å². The van der Waals surface area contributed by atoms with Crippen LogP contribution in [-0.4, -0.2) is 13.2 Å². The zero-order valence-corrected chi connectivity index (χ0v) is 46.1. The van der Waals surface area contributed by atoms with Gasteiger partial charge in [-0.1, -0.05) is 170 Å². The van der Waals surface area contributed by atoms with E-state index in [1.54, 1.807) is 0 Å². The van der Waals surface area contributed by atoms with Crippen molar-refractivity contribution < 1.29 is 26.5 Å². The summed E-state index contributed by atoms with van der Waals surface area (Å²) in [5, 5.41) is 2.07. The van der Waals surface area contributed by atoms with E-state index in [4.69, 9.17) is 26.5 Å². The number of rotatable bonds is 5. The predicted octanol–water partition coefficient (Wildman–Crippen LogP) is 18.6. The second-order valence-electron chi connectivity index (χ2n) is 25.8. The van der Waals surface area contributed by atoms with Gasteiger partial charge in [0, 0.05) is 38.6 Å². The lowest BCUT2D eigenvalue weighted by atomic mass is 9.75. The van der Waals surface area contributed by atoms with Crippen LogP contribution in [0.1, 0.15) is 203 Å². The van der Waals surface area contributed by atoms with Crippen molar-refractivity contribution in [3.63, 3.8) is 0 Å². The Morgan fingerprint density at radius 2 is 0.754 bits per heavy atom. The standard InChI is InChI=1S/C57H82O6P2/c1-35-27-36(51(2,3)4)28-40-41-29-37(52(5,6)7)33-45(56(17,18)19)49(41)62-65(60-47(35)40)63-50-43(31-39(54(11,12)13)34-46(50)57(20,21)22)42-30-38(53(8,9)10)32-44(55(14,15)16)48(42)61-64-58-25-23-24-26-59-64/h27-34H,23-26H2,1-22H3. The molecular weight excluding hydrogens is 843 g/mol. The van der Waals surface area contributed by atoms with Gasteiger partial charge in [0.05, 0.1) is 13.2 Å². The van der Waals surface area contributed by atoms with Crippen LogP contribution < -0.4 is 9.05 Å². The van der Waals surface area contributed by atoms with Gasteiger partial charge in [-0.25, -0.2) is 0 Å². The summed E-state index contributed by atoms with van der Waals surface area (Å²) >= 11 is 0. The Balaban J connectivity index is 1.83. The second-order valence-corrected chi connectivity index (χ2v) is 27.9. The van der Waals surface area contributed by atoms with Crippen molar-refractivity contribution in [1.82, 2.24) is 0 Å². The molecule has 0 radical (unpaired) electrons. The van der Waals surface area contributed by atoms with Gasteiger partial charge in [-0.2, -0.15) is 0 Å². The highest BCUT2D eigenvalue weighted by Gasteiger charge is 2.35. The van der Waals surface area contributed by atoms with E-state index in [-0.39, 0.29) is 37.9 Å². The fraction of sp³-hybridized carbons (Fsp3) is 0.579. The van der Waals surface area contributed by atoms with Crippen molar-refractivity contribution in [2.24, 2.45) is 0 Å². The quantitative estimate of drug-likeness (QED) is 0.164. The van der Waals surface area contributed by atoms with Crippen molar-refractivity contribution in [2.45, 2.75) is 203 Å². The van der Waals surface area contributed by atoms with Crippen LogP contribution in [0.2, 0.25) is 0 Å². The molecule has 0 saturated carbocycles. The maximum absolute atomic E-state index is 7.60. The normalized spacial score (nSPS) is 15.7. The van der Waals surface area contributed by atoms with Crippen LogP contribution in [0.4, 0.5) is 0 Å². The van der Waals surface area contributed by atoms with E-state index in [1.807, 2.05) is 0 Å². The van der Waals surface area contributed by atoms with Gasteiger partial charge in [-0.3, -0.25) is 0 Å². The van der Waals surface area contributed by atoms with E-state index in [0.717, 1.165) is 79.7 Å². The molecule has 0 N–H and O–H groups in total. The molecule has 0 spiro atoms. The Hall–Kier alpha value is -3.27. The van der Waals surface area contributed by atoms with E-state index in [9.17, 15) is 0 Å². The van der Waals surface area contributed by atoms with Crippen molar-refractivity contribution in [3.05, 3.63) is 93.0 Å². The van der Waals surface area contributed by atoms with Gasteiger partial charge < -0.3 is 26.5 Å². The fourth-order valence-corrected chi connectivity index (χ4v) is 10.5. The first-order chi connectivity index (χ1) is 29.5. The van der Waals surface area contributed by atoms with Gasteiger partial charge in [0.2, 0.25) is 0 Å². The number of hydrogen-bond donors (Lipinski definition) is 0. The molecule has 4 aromatic carbocycles. The predicted molar refractivity (Wildman–Crippen MR) is 279 cm³/mol. The van der Waals surface area contributed by atoms with Crippen molar-refractivity contribution in [2.75, 3.05) is 13.2 Å². The summed E-state index contributed by atoms with van der Waals surface area (Å²) < 4.78 is 42.0. The molecule has 2 heterocycles. The summed E-state index contributed by atoms with van der Waals surface area (Å²) in [5.74, 6) is 1.48. The van der Waals surface area contributed by atoms with E-state index < -0.39 is 16.8 Å². The average molecular weight is 925 g/mol. The number of aryl methyl sites for hydroxylation is 1. The molecule has 1 aliphatic rings. The van der Waals surface area contributed by atoms with Gasteiger partial charge >= 0.3 is 16.8 Å². The molecular formula is C57H82O6P2. The highest BCUT2D eigenvalue weighted by Crippen LogP contribution is 2.55. The molecule has 1 fully saturated rings. The third-order valence-electron chi connectivity index (χ3n) is 12.6. The van der Waals surface area contributed by atoms with Crippen molar-refractivity contribution >= 4 is 38.8 Å². The van der Waals surface area contributed by atoms with E-state index in [2.05, 4.69) is 201 Å². The lowest BCUT2D eigenvalue weighted by Crippen LogP contribution is -2.20. The maximum atomic E-state index is 7.60. The SMILES string of the molecule is Cc1cc(C(C)(C)C)cc2c1op(Oc1c(-c3cc(C(C)(C)C)cc(C(C)(C)C)c3OP3OCCCCO3)cc(C(C)(C)C)cc1C(C)(C)C)oc1c(C(C)(C)C)cc(C(C)(C)C)cc12. The lowest BCUT2D eigenvalue weighted by Gasteiger charge is -2.32. The summed E-state index contributed by atoms with van der Waals surface area (Å²) in [7, 11) is -3.74. The Morgan fingerprint density at radius 3 is 1.17 bits per heavy atom. The molecule has 356 valence electrons. The van der Waals surface area contributed by atoms with Crippen LogP contribution >= 0.6 is 16.8 Å². The Labute approximate surface area is 395 Å². The molecule has 0 aliphatic carbocycles. The first-order valence-corrected chi connectivity index (χ1v) is 26.0. The molecule has 0 bridgehead atoms. The van der Waals surface area contributed by atoms with Crippen LogP contribution in [0.5, 0.6) is 11.5 Å². The molecule has 1 unspecified atom stereocenters. The van der Waals surface area contributed by atoms with Gasteiger partial charge in [0.25, 0.3) is 0 Å². The zero-order chi connectivity index (χ0) is 48.6. The minimum Gasteiger partial charge on any atom is -0.426 e. The Bertz CT molecular complexity index is 2590. The third-order valence-corrected chi connectivity index (χ3v) is 14.7. The van der Waals surface area contributed by atoms with Gasteiger partial charge in [0.1, 0.15) is 22.7 Å². The van der Waals surface area contributed by atoms with Crippen LogP contribution in [0.15, 0.2) is 56.9 Å². The first kappa shape index (κ1) is 51.1. The Kier molecular flexibility index (Phi) is 13.9. The topological polar surface area (TPSA) is 63.2 Å². The lowest BCUT2D eigenvalue weighted by molar-refractivity contribution is 0.239. The number of fused-ring (bicyclic) bond motifs is 3. The smallest absolute Gasteiger partial charge is 0.426 e. The van der Waals surface area contributed by atoms with E-state index in [1.165, 1.54) is 22.3 Å². The molecule has 0 amide bonds. The van der Waals surface area contributed by atoms with Crippen LogP contribution in [0.25, 0.3) is 33.1 Å². The first-order valence-electron chi connectivity index (χ1n) is 23.9. The minimum absolute atomic E-state index is 0.0877. The maximum Gasteiger partial charge on any atom is 0.453 e. The van der Waals surface area contributed by atoms with Crippen LogP contribution in [0.3, 0.4) is 0 Å². The van der Waals surface area contributed by atoms with Crippen LogP contribution in [-0.2, 0) is 47.0 Å².